The van der Waals surface area contributed by atoms with Gasteiger partial charge in [-0.05, 0) is 52.6 Å². The Balaban J connectivity index is 2.36. The SMILES string of the molecule is C=CCN(CC)C1CCC1CNC(C)(C)C. The molecule has 1 aliphatic rings. The molecule has 1 aliphatic carbocycles. The molecule has 1 saturated carbocycles. The van der Waals surface area contributed by atoms with Crippen LogP contribution in [0, 0.1) is 5.92 Å². The minimum absolute atomic E-state index is 0.246. The van der Waals surface area contributed by atoms with Gasteiger partial charge in [-0.2, -0.15) is 0 Å². The van der Waals surface area contributed by atoms with Crippen molar-refractivity contribution >= 4 is 0 Å². The Kier molecular flexibility index (Phi) is 5.00. The Morgan fingerprint density at radius 1 is 1.38 bits per heavy atom. The monoisotopic (exact) mass is 224 g/mol. The Morgan fingerprint density at radius 3 is 2.44 bits per heavy atom. The van der Waals surface area contributed by atoms with Gasteiger partial charge in [0, 0.05) is 18.1 Å². The first kappa shape index (κ1) is 13.7. The van der Waals surface area contributed by atoms with Crippen LogP contribution in [0.2, 0.25) is 0 Å². The van der Waals surface area contributed by atoms with Crippen LogP contribution in [0.15, 0.2) is 12.7 Å². The molecule has 0 radical (unpaired) electrons. The number of likely N-dealkylation sites (N-methyl/N-ethyl adjacent to an activating group) is 1. The van der Waals surface area contributed by atoms with Crippen molar-refractivity contribution < 1.29 is 0 Å². The second kappa shape index (κ2) is 5.83. The summed E-state index contributed by atoms with van der Waals surface area (Å²) >= 11 is 0. The molecule has 2 unspecified atom stereocenters. The summed E-state index contributed by atoms with van der Waals surface area (Å²) in [6.07, 6.45) is 4.76. The summed E-state index contributed by atoms with van der Waals surface area (Å²) in [5, 5.41) is 3.62. The quantitative estimate of drug-likeness (QED) is 0.698. The zero-order valence-electron chi connectivity index (χ0n) is 11.4. The predicted octanol–water partition coefficient (Wildman–Crippen LogP) is 2.66. The maximum atomic E-state index is 3.84. The molecular weight excluding hydrogens is 196 g/mol. The molecule has 0 amide bonds. The van der Waals surface area contributed by atoms with E-state index in [9.17, 15) is 0 Å². The smallest absolute Gasteiger partial charge is 0.0163 e. The van der Waals surface area contributed by atoms with Gasteiger partial charge in [0.25, 0.3) is 0 Å². The van der Waals surface area contributed by atoms with Crippen LogP contribution in [-0.4, -0.2) is 36.1 Å². The van der Waals surface area contributed by atoms with Crippen molar-refractivity contribution in [1.29, 1.82) is 0 Å². The van der Waals surface area contributed by atoms with E-state index in [-0.39, 0.29) is 5.54 Å². The molecule has 0 aromatic carbocycles. The molecule has 2 nitrogen and oxygen atoms in total. The third-order valence-electron chi connectivity index (χ3n) is 3.51. The van der Waals surface area contributed by atoms with Gasteiger partial charge in [0.2, 0.25) is 0 Å². The van der Waals surface area contributed by atoms with Gasteiger partial charge >= 0.3 is 0 Å². The van der Waals surface area contributed by atoms with Crippen LogP contribution in [0.4, 0.5) is 0 Å². The molecule has 0 heterocycles. The highest BCUT2D eigenvalue weighted by Gasteiger charge is 2.34. The van der Waals surface area contributed by atoms with Crippen molar-refractivity contribution in [2.45, 2.75) is 52.1 Å². The highest BCUT2D eigenvalue weighted by molar-refractivity contribution is 4.92. The fourth-order valence-electron chi connectivity index (χ4n) is 2.37. The van der Waals surface area contributed by atoms with E-state index in [1.807, 2.05) is 6.08 Å². The summed E-state index contributed by atoms with van der Waals surface area (Å²) in [4.78, 5) is 2.55. The topological polar surface area (TPSA) is 15.3 Å². The van der Waals surface area contributed by atoms with Gasteiger partial charge in [-0.3, -0.25) is 4.90 Å². The van der Waals surface area contributed by atoms with E-state index >= 15 is 0 Å². The molecule has 0 saturated heterocycles. The van der Waals surface area contributed by atoms with Gasteiger partial charge < -0.3 is 5.32 Å². The van der Waals surface area contributed by atoms with Gasteiger partial charge in [-0.15, -0.1) is 6.58 Å². The summed E-state index contributed by atoms with van der Waals surface area (Å²) < 4.78 is 0. The molecule has 94 valence electrons. The van der Waals surface area contributed by atoms with Crippen molar-refractivity contribution in [1.82, 2.24) is 10.2 Å². The van der Waals surface area contributed by atoms with Crippen LogP contribution in [0.3, 0.4) is 0 Å². The lowest BCUT2D eigenvalue weighted by Gasteiger charge is -2.45. The van der Waals surface area contributed by atoms with E-state index in [1.54, 1.807) is 0 Å². The van der Waals surface area contributed by atoms with E-state index < -0.39 is 0 Å². The molecule has 16 heavy (non-hydrogen) atoms. The molecular formula is C14H28N2. The average Bonchev–Trinajstić information content (AvgIpc) is 2.13. The van der Waals surface area contributed by atoms with Crippen LogP contribution in [0.25, 0.3) is 0 Å². The number of hydrogen-bond donors (Lipinski definition) is 1. The highest BCUT2D eigenvalue weighted by atomic mass is 15.2. The molecule has 1 fully saturated rings. The van der Waals surface area contributed by atoms with Crippen molar-refractivity contribution in [2.24, 2.45) is 5.92 Å². The van der Waals surface area contributed by atoms with Crippen molar-refractivity contribution in [3.8, 4) is 0 Å². The lowest BCUT2D eigenvalue weighted by atomic mass is 9.78. The maximum Gasteiger partial charge on any atom is 0.0163 e. The minimum Gasteiger partial charge on any atom is -0.312 e. The lowest BCUT2D eigenvalue weighted by Crippen LogP contribution is -2.52. The second-order valence-corrected chi connectivity index (χ2v) is 5.91. The molecule has 1 rings (SSSR count). The summed E-state index contributed by atoms with van der Waals surface area (Å²) in [7, 11) is 0. The number of rotatable bonds is 6. The van der Waals surface area contributed by atoms with Crippen LogP contribution in [0.5, 0.6) is 0 Å². The Hall–Kier alpha value is -0.340. The third-order valence-corrected chi connectivity index (χ3v) is 3.51. The Morgan fingerprint density at radius 2 is 2.06 bits per heavy atom. The molecule has 0 aromatic rings. The lowest BCUT2D eigenvalue weighted by molar-refractivity contribution is 0.0718. The van der Waals surface area contributed by atoms with Gasteiger partial charge in [0.05, 0.1) is 0 Å². The van der Waals surface area contributed by atoms with Crippen LogP contribution in [-0.2, 0) is 0 Å². The number of hydrogen-bond acceptors (Lipinski definition) is 2. The van der Waals surface area contributed by atoms with Crippen molar-refractivity contribution in [3.05, 3.63) is 12.7 Å². The van der Waals surface area contributed by atoms with Crippen LogP contribution >= 0.6 is 0 Å². The van der Waals surface area contributed by atoms with E-state index in [2.05, 4.69) is 44.5 Å². The Bertz CT molecular complexity index is 217. The first-order valence-corrected chi connectivity index (χ1v) is 6.58. The molecule has 0 aliphatic heterocycles. The van der Waals surface area contributed by atoms with E-state index in [0.717, 1.165) is 31.6 Å². The molecule has 0 spiro atoms. The zero-order valence-corrected chi connectivity index (χ0v) is 11.4. The van der Waals surface area contributed by atoms with E-state index in [0.29, 0.717) is 0 Å². The average molecular weight is 224 g/mol. The first-order chi connectivity index (χ1) is 7.48. The molecule has 0 aromatic heterocycles. The van der Waals surface area contributed by atoms with Crippen LogP contribution in [0.1, 0.15) is 40.5 Å². The Labute approximate surface area is 101 Å². The number of nitrogens with one attached hydrogen (secondary N) is 1. The highest BCUT2D eigenvalue weighted by Crippen LogP contribution is 2.31. The molecule has 1 N–H and O–H groups in total. The van der Waals surface area contributed by atoms with Crippen molar-refractivity contribution in [2.75, 3.05) is 19.6 Å². The fourth-order valence-corrected chi connectivity index (χ4v) is 2.37. The normalized spacial score (nSPS) is 25.6. The summed E-state index contributed by atoms with van der Waals surface area (Å²) in [5.41, 5.74) is 0.246. The number of nitrogens with zero attached hydrogens (tertiary/aromatic N) is 1. The second-order valence-electron chi connectivity index (χ2n) is 5.91. The third kappa shape index (κ3) is 3.91. The van der Waals surface area contributed by atoms with Gasteiger partial charge in [0.1, 0.15) is 0 Å². The largest absolute Gasteiger partial charge is 0.312 e. The molecule has 2 heteroatoms. The summed E-state index contributed by atoms with van der Waals surface area (Å²) in [6.45, 7) is 16.1. The standard InChI is InChI=1S/C14H28N2/c1-6-10-16(7-2)13-9-8-12(13)11-15-14(3,4)5/h6,12-13,15H,1,7-11H2,2-5H3. The summed E-state index contributed by atoms with van der Waals surface area (Å²) in [6, 6.07) is 0.776. The summed E-state index contributed by atoms with van der Waals surface area (Å²) in [5.74, 6) is 0.833. The zero-order chi connectivity index (χ0) is 12.2. The molecule has 2 atom stereocenters. The minimum atomic E-state index is 0.246. The van der Waals surface area contributed by atoms with E-state index in [1.165, 1.54) is 12.8 Å². The maximum absolute atomic E-state index is 3.84. The van der Waals surface area contributed by atoms with Crippen molar-refractivity contribution in [3.63, 3.8) is 0 Å². The van der Waals surface area contributed by atoms with Gasteiger partial charge in [-0.1, -0.05) is 13.0 Å². The van der Waals surface area contributed by atoms with Crippen LogP contribution < -0.4 is 5.32 Å². The predicted molar refractivity (Wildman–Crippen MR) is 71.7 cm³/mol. The fraction of sp³-hybridized carbons (Fsp3) is 0.857. The first-order valence-electron chi connectivity index (χ1n) is 6.58. The van der Waals surface area contributed by atoms with Gasteiger partial charge in [-0.25, -0.2) is 0 Å². The van der Waals surface area contributed by atoms with Gasteiger partial charge in [0.15, 0.2) is 0 Å². The molecule has 0 bridgehead atoms. The van der Waals surface area contributed by atoms with E-state index in [4.69, 9.17) is 0 Å².